The summed E-state index contributed by atoms with van der Waals surface area (Å²) in [7, 11) is 0. The van der Waals surface area contributed by atoms with Crippen LogP contribution in [0.1, 0.15) is 25.0 Å². The van der Waals surface area contributed by atoms with Crippen molar-refractivity contribution in [3.63, 3.8) is 0 Å². The van der Waals surface area contributed by atoms with Crippen LogP contribution in [0.15, 0.2) is 158 Å². The molecule has 0 nitrogen and oxygen atoms in total. The minimum atomic E-state index is -0.0655. The fourth-order valence-corrected chi connectivity index (χ4v) is 8.06. The van der Waals surface area contributed by atoms with Gasteiger partial charge in [0.1, 0.15) is 0 Å². The van der Waals surface area contributed by atoms with Gasteiger partial charge in [-0.15, -0.1) is 0 Å². The predicted octanol–water partition coefficient (Wildman–Crippen LogP) is 12.5. The van der Waals surface area contributed by atoms with Gasteiger partial charge in [0.15, 0.2) is 0 Å². The van der Waals surface area contributed by atoms with E-state index in [2.05, 4.69) is 172 Å². The molecule has 0 unspecified atom stereocenters. The normalized spacial score (nSPS) is 13.3. The van der Waals surface area contributed by atoms with Gasteiger partial charge in [-0.3, -0.25) is 0 Å². The third-order valence-corrected chi connectivity index (χ3v) is 10.1. The van der Waals surface area contributed by atoms with Crippen LogP contribution in [0.4, 0.5) is 0 Å². The molecule has 0 aromatic heterocycles. The highest BCUT2D eigenvalue weighted by Gasteiger charge is 2.36. The van der Waals surface area contributed by atoms with E-state index in [1.165, 1.54) is 88.0 Å². The average molecular weight is 573 g/mol. The summed E-state index contributed by atoms with van der Waals surface area (Å²) in [5.74, 6) is 0. The first-order chi connectivity index (χ1) is 22.1. The quantitative estimate of drug-likeness (QED) is 0.185. The number of fused-ring (bicyclic) bond motifs is 7. The van der Waals surface area contributed by atoms with Gasteiger partial charge in [0.05, 0.1) is 0 Å². The molecule has 0 saturated heterocycles. The lowest BCUT2D eigenvalue weighted by Crippen LogP contribution is -2.15. The van der Waals surface area contributed by atoms with Crippen LogP contribution in [-0.4, -0.2) is 0 Å². The van der Waals surface area contributed by atoms with Crippen LogP contribution in [0.5, 0.6) is 0 Å². The summed E-state index contributed by atoms with van der Waals surface area (Å²) in [6.45, 7) is 4.76. The molecule has 9 rings (SSSR count). The molecule has 0 N–H and O–H groups in total. The Morgan fingerprint density at radius 2 is 0.822 bits per heavy atom. The molecule has 0 aliphatic heterocycles. The maximum atomic E-state index is 2.38. The molecule has 0 heteroatoms. The SMILES string of the molecule is CC1(C)c2ccccc2-c2ccc3c(-c4c5ccccc5c(-c5ccc(-c6ccccc6)cc5)c5ccccc45)cccc3c21. The van der Waals surface area contributed by atoms with E-state index in [0.717, 1.165) is 0 Å². The molecule has 8 aromatic rings. The minimum Gasteiger partial charge on any atom is -0.0622 e. The molecule has 0 atom stereocenters. The second-order valence-electron chi connectivity index (χ2n) is 12.8. The fourth-order valence-electron chi connectivity index (χ4n) is 8.06. The van der Waals surface area contributed by atoms with Gasteiger partial charge in [0.25, 0.3) is 0 Å². The molecular weight excluding hydrogens is 540 g/mol. The van der Waals surface area contributed by atoms with Crippen molar-refractivity contribution in [2.24, 2.45) is 0 Å². The van der Waals surface area contributed by atoms with E-state index in [9.17, 15) is 0 Å². The van der Waals surface area contributed by atoms with Crippen molar-refractivity contribution in [1.82, 2.24) is 0 Å². The Labute approximate surface area is 264 Å². The third kappa shape index (κ3) is 3.79. The maximum absolute atomic E-state index is 2.38. The first-order valence-electron chi connectivity index (χ1n) is 15.9. The van der Waals surface area contributed by atoms with Gasteiger partial charge in [-0.05, 0) is 88.0 Å². The molecule has 1 aliphatic rings. The van der Waals surface area contributed by atoms with Crippen molar-refractivity contribution in [3.05, 3.63) is 169 Å². The lowest BCUT2D eigenvalue weighted by molar-refractivity contribution is 0.666. The molecule has 8 aromatic carbocycles. The zero-order valence-electron chi connectivity index (χ0n) is 25.5. The van der Waals surface area contributed by atoms with Gasteiger partial charge >= 0.3 is 0 Å². The van der Waals surface area contributed by atoms with Crippen molar-refractivity contribution >= 4 is 32.3 Å². The summed E-state index contributed by atoms with van der Waals surface area (Å²) < 4.78 is 0. The number of hydrogen-bond acceptors (Lipinski definition) is 0. The van der Waals surface area contributed by atoms with E-state index in [1.54, 1.807) is 0 Å². The number of rotatable bonds is 3. The first kappa shape index (κ1) is 26.0. The molecule has 0 heterocycles. The summed E-state index contributed by atoms with van der Waals surface area (Å²) in [5, 5.41) is 7.80. The largest absolute Gasteiger partial charge is 0.0622 e. The topological polar surface area (TPSA) is 0 Å². The van der Waals surface area contributed by atoms with E-state index in [0.29, 0.717) is 0 Å². The van der Waals surface area contributed by atoms with Crippen LogP contribution < -0.4 is 0 Å². The summed E-state index contributed by atoms with van der Waals surface area (Å²) in [6.07, 6.45) is 0. The lowest BCUT2D eigenvalue weighted by atomic mass is 9.79. The van der Waals surface area contributed by atoms with Gasteiger partial charge in [-0.25, -0.2) is 0 Å². The van der Waals surface area contributed by atoms with E-state index < -0.39 is 0 Å². The van der Waals surface area contributed by atoms with E-state index in [4.69, 9.17) is 0 Å². The Hall–Kier alpha value is -5.46. The molecule has 212 valence electrons. The van der Waals surface area contributed by atoms with Crippen LogP contribution >= 0.6 is 0 Å². The van der Waals surface area contributed by atoms with Gasteiger partial charge in [0.2, 0.25) is 0 Å². The number of hydrogen-bond donors (Lipinski definition) is 0. The molecule has 0 amide bonds. The van der Waals surface area contributed by atoms with Crippen LogP contribution in [0.25, 0.3) is 76.8 Å². The van der Waals surface area contributed by atoms with Crippen LogP contribution in [-0.2, 0) is 5.41 Å². The third-order valence-electron chi connectivity index (χ3n) is 10.1. The van der Waals surface area contributed by atoms with E-state index in [-0.39, 0.29) is 5.41 Å². The highest BCUT2D eigenvalue weighted by Crippen LogP contribution is 2.53. The highest BCUT2D eigenvalue weighted by atomic mass is 14.4. The monoisotopic (exact) mass is 572 g/mol. The smallest absolute Gasteiger partial charge is 0.0165 e. The Bertz CT molecular complexity index is 2370. The minimum absolute atomic E-state index is 0.0655. The highest BCUT2D eigenvalue weighted by molar-refractivity contribution is 6.24. The Morgan fingerprint density at radius 1 is 0.311 bits per heavy atom. The van der Waals surface area contributed by atoms with Crippen LogP contribution in [0.2, 0.25) is 0 Å². The second-order valence-corrected chi connectivity index (χ2v) is 12.8. The van der Waals surface area contributed by atoms with Crippen molar-refractivity contribution in [1.29, 1.82) is 0 Å². The summed E-state index contributed by atoms with van der Waals surface area (Å²) >= 11 is 0. The van der Waals surface area contributed by atoms with Gasteiger partial charge in [0, 0.05) is 5.41 Å². The zero-order chi connectivity index (χ0) is 30.1. The summed E-state index contributed by atoms with van der Waals surface area (Å²) in [6, 6.07) is 58.2. The number of benzene rings is 8. The molecule has 0 spiro atoms. The Balaban J connectivity index is 1.32. The Morgan fingerprint density at radius 3 is 1.51 bits per heavy atom. The maximum Gasteiger partial charge on any atom is 0.0165 e. The standard InChI is InChI=1S/C45H32/c1-45(2)41-22-11-10-15-33(41)40-28-27-32-34(20-12-21-39(32)44(40)45)43-37-18-8-6-16-35(37)42(36-17-7-9-19-38(36)43)31-25-23-30(24-26-31)29-13-4-3-5-14-29/h3-28H,1-2H3. The summed E-state index contributed by atoms with van der Waals surface area (Å²) in [5.41, 5.74) is 13.1. The van der Waals surface area contributed by atoms with Crippen LogP contribution in [0.3, 0.4) is 0 Å². The fraction of sp³-hybridized carbons (Fsp3) is 0.0667. The lowest BCUT2D eigenvalue weighted by Gasteiger charge is -2.24. The summed E-state index contributed by atoms with van der Waals surface area (Å²) in [4.78, 5) is 0. The molecule has 0 fully saturated rings. The average Bonchev–Trinajstić information content (AvgIpc) is 3.34. The van der Waals surface area contributed by atoms with Crippen LogP contribution in [0, 0.1) is 0 Å². The van der Waals surface area contributed by atoms with E-state index >= 15 is 0 Å². The first-order valence-corrected chi connectivity index (χ1v) is 15.9. The molecule has 45 heavy (non-hydrogen) atoms. The second kappa shape index (κ2) is 9.78. The molecule has 1 aliphatic carbocycles. The van der Waals surface area contributed by atoms with Crippen molar-refractivity contribution in [2.75, 3.05) is 0 Å². The van der Waals surface area contributed by atoms with Crippen molar-refractivity contribution < 1.29 is 0 Å². The Kier molecular flexibility index (Phi) is 5.64. The van der Waals surface area contributed by atoms with Crippen molar-refractivity contribution in [3.8, 4) is 44.5 Å². The van der Waals surface area contributed by atoms with Gasteiger partial charge in [-0.1, -0.05) is 172 Å². The molecule has 0 radical (unpaired) electrons. The predicted molar refractivity (Wildman–Crippen MR) is 193 cm³/mol. The van der Waals surface area contributed by atoms with Gasteiger partial charge in [-0.2, -0.15) is 0 Å². The van der Waals surface area contributed by atoms with Gasteiger partial charge < -0.3 is 0 Å². The molecular formula is C45H32. The zero-order valence-corrected chi connectivity index (χ0v) is 25.5. The van der Waals surface area contributed by atoms with Crippen molar-refractivity contribution in [2.45, 2.75) is 19.3 Å². The van der Waals surface area contributed by atoms with E-state index in [1.807, 2.05) is 0 Å². The molecule has 0 bridgehead atoms. The molecule has 0 saturated carbocycles.